The topological polar surface area (TPSA) is 89.7 Å². The van der Waals surface area contributed by atoms with E-state index in [1.165, 1.54) is 32.2 Å². The van der Waals surface area contributed by atoms with E-state index in [0.29, 0.717) is 5.75 Å². The van der Waals surface area contributed by atoms with Gasteiger partial charge in [-0.3, -0.25) is 9.10 Å². The number of primary amides is 1. The zero-order valence-corrected chi connectivity index (χ0v) is 12.3. The fourth-order valence-corrected chi connectivity index (χ4v) is 3.04. The first-order valence-electron chi connectivity index (χ1n) is 5.30. The summed E-state index contributed by atoms with van der Waals surface area (Å²) in [4.78, 5) is 11.2. The summed E-state index contributed by atoms with van der Waals surface area (Å²) >= 11 is 5.95. The monoisotopic (exact) mass is 306 g/mol. The molecule has 1 unspecified atom stereocenters. The summed E-state index contributed by atoms with van der Waals surface area (Å²) in [6, 6.07) is 3.40. The van der Waals surface area contributed by atoms with E-state index >= 15 is 0 Å². The summed E-state index contributed by atoms with van der Waals surface area (Å²) in [5.74, 6) is -0.344. The quantitative estimate of drug-likeness (QED) is 0.878. The van der Waals surface area contributed by atoms with Gasteiger partial charge in [-0.15, -0.1) is 0 Å². The van der Waals surface area contributed by atoms with Crippen molar-refractivity contribution in [3.63, 3.8) is 0 Å². The van der Waals surface area contributed by atoms with Crippen molar-refractivity contribution in [3.05, 3.63) is 23.2 Å². The van der Waals surface area contributed by atoms with Gasteiger partial charge in [0.25, 0.3) is 0 Å². The minimum Gasteiger partial charge on any atom is -0.495 e. The third-order valence-corrected chi connectivity index (χ3v) is 4.05. The van der Waals surface area contributed by atoms with Crippen molar-refractivity contribution in [3.8, 4) is 5.75 Å². The Balaban J connectivity index is 3.34. The second-order valence-electron chi connectivity index (χ2n) is 3.96. The van der Waals surface area contributed by atoms with Crippen molar-refractivity contribution in [2.45, 2.75) is 13.0 Å². The predicted molar refractivity (Wildman–Crippen MR) is 74.0 cm³/mol. The molecule has 1 aromatic carbocycles. The van der Waals surface area contributed by atoms with Crippen molar-refractivity contribution in [2.24, 2.45) is 5.73 Å². The molecule has 0 heterocycles. The van der Waals surface area contributed by atoms with Crippen LogP contribution in [0.5, 0.6) is 5.75 Å². The van der Waals surface area contributed by atoms with Crippen LogP contribution >= 0.6 is 11.6 Å². The zero-order valence-electron chi connectivity index (χ0n) is 10.8. The molecular formula is C11H15ClN2O4S. The summed E-state index contributed by atoms with van der Waals surface area (Å²) in [6.45, 7) is 1.40. The van der Waals surface area contributed by atoms with E-state index in [-0.39, 0.29) is 10.7 Å². The zero-order chi connectivity index (χ0) is 14.8. The molecule has 106 valence electrons. The second-order valence-corrected chi connectivity index (χ2v) is 6.22. The second kappa shape index (κ2) is 5.66. The molecule has 0 saturated carbocycles. The first-order valence-corrected chi connectivity index (χ1v) is 7.53. The van der Waals surface area contributed by atoms with Crippen LogP contribution in [0.4, 0.5) is 5.69 Å². The maximum absolute atomic E-state index is 11.8. The molecule has 0 aliphatic carbocycles. The third-order valence-electron chi connectivity index (χ3n) is 2.51. The lowest BCUT2D eigenvalue weighted by Gasteiger charge is -2.27. The van der Waals surface area contributed by atoms with Gasteiger partial charge in [-0.25, -0.2) is 8.42 Å². The Hall–Kier alpha value is -1.47. The van der Waals surface area contributed by atoms with Crippen molar-refractivity contribution in [1.29, 1.82) is 0 Å². The van der Waals surface area contributed by atoms with Crippen molar-refractivity contribution < 1.29 is 17.9 Å². The maximum atomic E-state index is 11.8. The van der Waals surface area contributed by atoms with E-state index in [4.69, 9.17) is 22.1 Å². The van der Waals surface area contributed by atoms with Crippen LogP contribution in [0.15, 0.2) is 18.2 Å². The molecule has 2 N–H and O–H groups in total. The van der Waals surface area contributed by atoms with Gasteiger partial charge in [-0.2, -0.15) is 0 Å². The van der Waals surface area contributed by atoms with Gasteiger partial charge < -0.3 is 10.5 Å². The highest BCUT2D eigenvalue weighted by molar-refractivity contribution is 7.92. The maximum Gasteiger partial charge on any atom is 0.241 e. The Morgan fingerprint density at radius 3 is 2.42 bits per heavy atom. The van der Waals surface area contributed by atoms with Crippen LogP contribution in [0.3, 0.4) is 0 Å². The van der Waals surface area contributed by atoms with Gasteiger partial charge in [0.1, 0.15) is 11.8 Å². The number of nitrogens with two attached hydrogens (primary N) is 1. The average molecular weight is 307 g/mol. The van der Waals surface area contributed by atoms with Crippen LogP contribution in [0.1, 0.15) is 6.92 Å². The smallest absolute Gasteiger partial charge is 0.241 e. The lowest BCUT2D eigenvalue weighted by molar-refractivity contribution is -0.118. The Labute approximate surface area is 117 Å². The van der Waals surface area contributed by atoms with Gasteiger partial charge in [0.05, 0.1) is 24.1 Å². The fraction of sp³-hybridized carbons (Fsp3) is 0.364. The molecule has 0 radical (unpaired) electrons. The predicted octanol–water partition coefficient (Wildman–Crippen LogP) is 0.988. The Morgan fingerprint density at radius 2 is 2.05 bits per heavy atom. The Bertz CT molecular complexity index is 588. The number of hydrogen-bond donors (Lipinski definition) is 1. The molecule has 0 aliphatic rings. The van der Waals surface area contributed by atoms with E-state index in [0.717, 1.165) is 10.6 Å². The molecule has 0 fully saturated rings. The molecule has 1 rings (SSSR count). The van der Waals surface area contributed by atoms with Gasteiger partial charge in [0.2, 0.25) is 15.9 Å². The van der Waals surface area contributed by atoms with Crippen molar-refractivity contribution >= 4 is 33.2 Å². The number of rotatable bonds is 5. The van der Waals surface area contributed by atoms with Crippen LogP contribution in [-0.4, -0.2) is 33.7 Å². The van der Waals surface area contributed by atoms with Crippen LogP contribution < -0.4 is 14.8 Å². The molecule has 0 bridgehead atoms. The number of methoxy groups -OCH3 is 1. The van der Waals surface area contributed by atoms with E-state index in [1.54, 1.807) is 0 Å². The van der Waals surface area contributed by atoms with Gasteiger partial charge in [-0.1, -0.05) is 11.6 Å². The molecular weight excluding hydrogens is 292 g/mol. The molecule has 0 saturated heterocycles. The summed E-state index contributed by atoms with van der Waals surface area (Å²) < 4.78 is 29.5. The summed E-state index contributed by atoms with van der Waals surface area (Å²) in [7, 11) is -2.22. The standard InChI is InChI=1S/C11H15ClN2O4S/c1-7(11(13)15)14(19(3,16)17)8-4-5-10(18-2)9(12)6-8/h4-7H,1-3H3,(H2,13,15). The lowest BCUT2D eigenvalue weighted by Crippen LogP contribution is -2.45. The Morgan fingerprint density at radius 1 is 1.47 bits per heavy atom. The minimum absolute atomic E-state index is 0.241. The first-order chi connectivity index (χ1) is 8.68. The van der Waals surface area contributed by atoms with Crippen LogP contribution in [-0.2, 0) is 14.8 Å². The fourth-order valence-electron chi connectivity index (χ4n) is 1.61. The summed E-state index contributed by atoms with van der Waals surface area (Å²) in [5.41, 5.74) is 5.41. The number of sulfonamides is 1. The number of halogens is 1. The average Bonchev–Trinajstić information content (AvgIpc) is 2.27. The molecule has 1 atom stereocenters. The molecule has 0 aliphatic heterocycles. The number of benzene rings is 1. The molecule has 0 spiro atoms. The molecule has 6 nitrogen and oxygen atoms in total. The number of carbonyl (C=O) groups is 1. The Kier molecular flexibility index (Phi) is 4.65. The lowest BCUT2D eigenvalue weighted by atomic mass is 10.2. The van der Waals surface area contributed by atoms with Crippen LogP contribution in [0, 0.1) is 0 Å². The van der Waals surface area contributed by atoms with Crippen molar-refractivity contribution in [1.82, 2.24) is 0 Å². The summed E-state index contributed by atoms with van der Waals surface area (Å²) in [6.07, 6.45) is 0.991. The number of anilines is 1. The molecule has 1 amide bonds. The van der Waals surface area contributed by atoms with E-state index < -0.39 is 22.0 Å². The molecule has 19 heavy (non-hydrogen) atoms. The number of amides is 1. The van der Waals surface area contributed by atoms with E-state index in [1.807, 2.05) is 0 Å². The SMILES string of the molecule is COc1ccc(N(C(C)C(N)=O)S(C)(=O)=O)cc1Cl. The van der Waals surface area contributed by atoms with Gasteiger partial charge in [0.15, 0.2) is 0 Å². The molecule has 0 aromatic heterocycles. The number of ether oxygens (including phenoxy) is 1. The van der Waals surface area contributed by atoms with Gasteiger partial charge >= 0.3 is 0 Å². The van der Waals surface area contributed by atoms with E-state index in [2.05, 4.69) is 0 Å². The molecule has 1 aromatic rings. The molecule has 8 heteroatoms. The summed E-state index contributed by atoms with van der Waals surface area (Å²) in [5, 5.41) is 0.241. The number of nitrogens with zero attached hydrogens (tertiary/aromatic N) is 1. The van der Waals surface area contributed by atoms with Crippen LogP contribution in [0.25, 0.3) is 0 Å². The van der Waals surface area contributed by atoms with E-state index in [9.17, 15) is 13.2 Å². The number of carbonyl (C=O) groups excluding carboxylic acids is 1. The normalized spacial score (nSPS) is 12.8. The minimum atomic E-state index is -3.67. The number of hydrogen-bond acceptors (Lipinski definition) is 4. The highest BCUT2D eigenvalue weighted by atomic mass is 35.5. The third kappa shape index (κ3) is 3.51. The van der Waals surface area contributed by atoms with Gasteiger partial charge in [-0.05, 0) is 25.1 Å². The highest BCUT2D eigenvalue weighted by Crippen LogP contribution is 2.31. The first kappa shape index (κ1) is 15.6. The van der Waals surface area contributed by atoms with Crippen LogP contribution in [0.2, 0.25) is 5.02 Å². The van der Waals surface area contributed by atoms with Gasteiger partial charge in [0, 0.05) is 0 Å². The van der Waals surface area contributed by atoms with Crippen molar-refractivity contribution in [2.75, 3.05) is 17.7 Å². The largest absolute Gasteiger partial charge is 0.495 e. The highest BCUT2D eigenvalue weighted by Gasteiger charge is 2.28.